The van der Waals surface area contributed by atoms with Crippen LogP contribution in [0.3, 0.4) is 0 Å². The van der Waals surface area contributed by atoms with Gasteiger partial charge in [0.05, 0.1) is 6.10 Å². The molecule has 0 spiro atoms. The molecule has 1 aliphatic carbocycles. The fourth-order valence-electron chi connectivity index (χ4n) is 3.27. The number of aliphatic hydroxyl groups is 1. The van der Waals surface area contributed by atoms with E-state index in [0.717, 1.165) is 58.2 Å². The summed E-state index contributed by atoms with van der Waals surface area (Å²) in [5, 5.41) is 13.2. The maximum atomic E-state index is 12.0. The van der Waals surface area contributed by atoms with Crippen LogP contribution in [0.1, 0.15) is 59.3 Å². The van der Waals surface area contributed by atoms with Crippen molar-refractivity contribution >= 4 is 6.09 Å². The van der Waals surface area contributed by atoms with Gasteiger partial charge in [-0.2, -0.15) is 0 Å². The number of hydrogen-bond acceptors (Lipinski definition) is 4. The summed E-state index contributed by atoms with van der Waals surface area (Å²) in [6.45, 7) is 8.30. The topological polar surface area (TPSA) is 61.8 Å². The van der Waals surface area contributed by atoms with Crippen molar-refractivity contribution in [2.45, 2.75) is 77.0 Å². The van der Waals surface area contributed by atoms with E-state index < -0.39 is 5.60 Å². The van der Waals surface area contributed by atoms with Crippen LogP contribution in [0.5, 0.6) is 0 Å². The number of rotatable bonds is 3. The Hall–Kier alpha value is -0.810. The van der Waals surface area contributed by atoms with Crippen LogP contribution in [-0.4, -0.2) is 53.5 Å². The third kappa shape index (κ3) is 5.76. The maximum Gasteiger partial charge on any atom is 0.410 e. The van der Waals surface area contributed by atoms with E-state index >= 15 is 0 Å². The van der Waals surface area contributed by atoms with Crippen LogP contribution >= 0.6 is 0 Å². The van der Waals surface area contributed by atoms with Gasteiger partial charge in [-0.25, -0.2) is 4.79 Å². The molecule has 1 amide bonds. The highest BCUT2D eigenvalue weighted by atomic mass is 16.6. The number of likely N-dealkylation sites (tertiary alicyclic amines) is 1. The summed E-state index contributed by atoms with van der Waals surface area (Å²) >= 11 is 0. The molecular formula is C17H32N2O3. The quantitative estimate of drug-likeness (QED) is 0.840. The summed E-state index contributed by atoms with van der Waals surface area (Å²) < 4.78 is 5.42. The first-order valence-corrected chi connectivity index (χ1v) is 8.73. The van der Waals surface area contributed by atoms with Crippen molar-refractivity contribution in [1.82, 2.24) is 10.2 Å². The molecular weight excluding hydrogens is 280 g/mol. The summed E-state index contributed by atoms with van der Waals surface area (Å²) in [5.74, 6) is 0.701. The Morgan fingerprint density at radius 1 is 1.14 bits per heavy atom. The molecule has 0 unspecified atom stereocenters. The van der Waals surface area contributed by atoms with Crippen molar-refractivity contribution in [3.05, 3.63) is 0 Å². The number of hydrogen-bond donors (Lipinski definition) is 2. The highest BCUT2D eigenvalue weighted by Gasteiger charge is 2.27. The molecule has 0 radical (unpaired) electrons. The molecule has 5 nitrogen and oxygen atoms in total. The molecule has 128 valence electrons. The fourth-order valence-corrected chi connectivity index (χ4v) is 3.27. The van der Waals surface area contributed by atoms with Gasteiger partial charge in [0, 0.05) is 19.1 Å². The molecule has 1 saturated carbocycles. The van der Waals surface area contributed by atoms with E-state index in [4.69, 9.17) is 4.74 Å². The highest BCUT2D eigenvalue weighted by molar-refractivity contribution is 5.68. The fraction of sp³-hybridized carbons (Fsp3) is 0.941. The standard InChI is InChI=1S/C17H32N2O3/c1-17(2,3)22-16(21)19-10-8-14(9-11-19)18-12-13-4-6-15(20)7-5-13/h13-15,18,20H,4-12H2,1-3H3. The first-order valence-electron chi connectivity index (χ1n) is 8.73. The van der Waals surface area contributed by atoms with E-state index in [9.17, 15) is 9.90 Å². The first kappa shape index (κ1) is 17.5. The van der Waals surface area contributed by atoms with E-state index in [1.54, 1.807) is 0 Å². The lowest BCUT2D eigenvalue weighted by molar-refractivity contribution is 0.0196. The van der Waals surface area contributed by atoms with E-state index in [0.29, 0.717) is 12.0 Å². The number of amides is 1. The average Bonchev–Trinajstić information content (AvgIpc) is 2.45. The van der Waals surface area contributed by atoms with Crippen molar-refractivity contribution in [1.29, 1.82) is 0 Å². The Kier molecular flexibility index (Phi) is 6.09. The molecule has 2 aliphatic rings. The summed E-state index contributed by atoms with van der Waals surface area (Å²) in [5.41, 5.74) is -0.419. The number of ether oxygens (including phenoxy) is 1. The third-order valence-corrected chi connectivity index (χ3v) is 4.66. The van der Waals surface area contributed by atoms with Gasteiger partial charge >= 0.3 is 6.09 Å². The third-order valence-electron chi connectivity index (χ3n) is 4.66. The Bertz CT molecular complexity index is 351. The minimum Gasteiger partial charge on any atom is -0.444 e. The maximum absolute atomic E-state index is 12.0. The molecule has 2 fully saturated rings. The molecule has 0 bridgehead atoms. The SMILES string of the molecule is CC(C)(C)OC(=O)N1CCC(NCC2CCC(O)CC2)CC1. The molecule has 2 rings (SSSR count). The predicted molar refractivity (Wildman–Crippen MR) is 86.8 cm³/mol. The zero-order valence-corrected chi connectivity index (χ0v) is 14.3. The van der Waals surface area contributed by atoms with Crippen LogP contribution in [0, 0.1) is 5.92 Å². The molecule has 0 aromatic carbocycles. The molecule has 0 atom stereocenters. The zero-order valence-electron chi connectivity index (χ0n) is 14.3. The number of aliphatic hydroxyl groups excluding tert-OH is 1. The molecule has 1 heterocycles. The van der Waals surface area contributed by atoms with E-state index in [2.05, 4.69) is 5.32 Å². The summed E-state index contributed by atoms with van der Waals surface area (Å²) in [7, 11) is 0. The monoisotopic (exact) mass is 312 g/mol. The molecule has 1 saturated heterocycles. The minimum absolute atomic E-state index is 0.0756. The number of piperidine rings is 1. The summed E-state index contributed by atoms with van der Waals surface area (Å²) in [6, 6.07) is 0.505. The van der Waals surface area contributed by atoms with Gasteiger partial charge in [-0.1, -0.05) is 0 Å². The number of nitrogens with one attached hydrogen (secondary N) is 1. The van der Waals surface area contributed by atoms with Gasteiger partial charge < -0.3 is 20.1 Å². The van der Waals surface area contributed by atoms with Gasteiger partial charge in [-0.15, -0.1) is 0 Å². The molecule has 0 aromatic rings. The highest BCUT2D eigenvalue weighted by Crippen LogP contribution is 2.24. The van der Waals surface area contributed by atoms with Crippen LogP contribution in [0.4, 0.5) is 4.79 Å². The second-order valence-electron chi connectivity index (χ2n) is 7.82. The minimum atomic E-state index is -0.419. The van der Waals surface area contributed by atoms with Crippen molar-refractivity contribution in [3.63, 3.8) is 0 Å². The second-order valence-corrected chi connectivity index (χ2v) is 7.82. The van der Waals surface area contributed by atoms with Gasteiger partial charge in [0.25, 0.3) is 0 Å². The largest absolute Gasteiger partial charge is 0.444 e. The predicted octanol–water partition coefficient (Wildman–Crippen LogP) is 2.53. The number of carbonyl (C=O) groups is 1. The Morgan fingerprint density at radius 3 is 2.27 bits per heavy atom. The Balaban J connectivity index is 1.64. The normalized spacial score (nSPS) is 27.7. The van der Waals surface area contributed by atoms with Crippen LogP contribution in [-0.2, 0) is 4.74 Å². The second kappa shape index (κ2) is 7.64. The van der Waals surface area contributed by atoms with Crippen molar-refractivity contribution in [2.24, 2.45) is 5.92 Å². The lowest BCUT2D eigenvalue weighted by Crippen LogP contribution is -2.47. The van der Waals surface area contributed by atoms with Crippen molar-refractivity contribution in [2.75, 3.05) is 19.6 Å². The average molecular weight is 312 g/mol. The molecule has 5 heteroatoms. The van der Waals surface area contributed by atoms with Crippen molar-refractivity contribution < 1.29 is 14.6 Å². The first-order chi connectivity index (χ1) is 10.3. The van der Waals surface area contributed by atoms with Crippen LogP contribution in [0.25, 0.3) is 0 Å². The number of carbonyl (C=O) groups excluding carboxylic acids is 1. The molecule has 22 heavy (non-hydrogen) atoms. The van der Waals surface area contributed by atoms with Crippen LogP contribution in [0.15, 0.2) is 0 Å². The number of nitrogens with zero attached hydrogens (tertiary/aromatic N) is 1. The lowest BCUT2D eigenvalue weighted by Gasteiger charge is -2.35. The molecule has 2 N–H and O–H groups in total. The van der Waals surface area contributed by atoms with Crippen LogP contribution in [0.2, 0.25) is 0 Å². The van der Waals surface area contributed by atoms with Crippen LogP contribution < -0.4 is 5.32 Å². The van der Waals surface area contributed by atoms with E-state index in [1.165, 1.54) is 0 Å². The van der Waals surface area contributed by atoms with Crippen molar-refractivity contribution in [3.8, 4) is 0 Å². The van der Waals surface area contributed by atoms with Gasteiger partial charge in [0.1, 0.15) is 5.60 Å². The van der Waals surface area contributed by atoms with E-state index in [1.807, 2.05) is 25.7 Å². The van der Waals surface area contributed by atoms with Gasteiger partial charge in [-0.3, -0.25) is 0 Å². The Labute approximate surface area is 134 Å². The molecule has 1 aliphatic heterocycles. The van der Waals surface area contributed by atoms with Gasteiger partial charge in [0.2, 0.25) is 0 Å². The zero-order chi connectivity index (χ0) is 16.2. The van der Waals surface area contributed by atoms with Gasteiger partial charge in [0.15, 0.2) is 0 Å². The Morgan fingerprint density at radius 2 is 1.73 bits per heavy atom. The molecule has 0 aromatic heterocycles. The van der Waals surface area contributed by atoms with E-state index in [-0.39, 0.29) is 12.2 Å². The lowest BCUT2D eigenvalue weighted by atomic mass is 9.87. The summed E-state index contributed by atoms with van der Waals surface area (Å²) in [6.07, 6.45) is 5.88. The summed E-state index contributed by atoms with van der Waals surface area (Å²) in [4.78, 5) is 13.8. The smallest absolute Gasteiger partial charge is 0.410 e. The van der Waals surface area contributed by atoms with Gasteiger partial charge in [-0.05, 0) is 71.8 Å².